The van der Waals surface area contributed by atoms with Gasteiger partial charge in [-0.2, -0.15) is 0 Å². The second kappa shape index (κ2) is 22.9. The van der Waals surface area contributed by atoms with Crippen molar-refractivity contribution < 1.29 is 24.9 Å². The molecule has 15 heteroatoms. The summed E-state index contributed by atoms with van der Waals surface area (Å²) >= 11 is 23.9. The van der Waals surface area contributed by atoms with Crippen molar-refractivity contribution in [2.45, 2.75) is 83.1 Å². The first-order valence-corrected chi connectivity index (χ1v) is 21.3. The highest BCUT2D eigenvalue weighted by molar-refractivity contribution is 6.31. The number of hydrogen-bond donors (Lipinski definition) is 5. The smallest absolute Gasteiger partial charge is 0.356 e. The Balaban J connectivity index is 0.000000200. The van der Waals surface area contributed by atoms with Crippen LogP contribution in [-0.2, 0) is 0 Å². The van der Waals surface area contributed by atoms with Crippen LogP contribution in [0.5, 0.6) is 0 Å². The Labute approximate surface area is 381 Å². The lowest BCUT2D eigenvalue weighted by Crippen LogP contribution is -2.45. The summed E-state index contributed by atoms with van der Waals surface area (Å²) in [6.07, 6.45) is 9.62. The number of carboxylic acids is 1. The van der Waals surface area contributed by atoms with Crippen molar-refractivity contribution in [3.63, 3.8) is 0 Å². The monoisotopic (exact) mass is 916 g/mol. The fourth-order valence-electron chi connectivity index (χ4n) is 6.91. The predicted octanol–water partition coefficient (Wildman–Crippen LogP) is 10.9. The Morgan fingerprint density at radius 3 is 1.26 bits per heavy atom. The molecule has 0 aliphatic heterocycles. The molecule has 0 radical (unpaired) electrons. The number of rotatable bonds is 7. The van der Waals surface area contributed by atoms with Gasteiger partial charge in [0, 0.05) is 48.4 Å². The fourth-order valence-corrected chi connectivity index (χ4v) is 7.41. The molecule has 2 fully saturated rings. The third kappa shape index (κ3) is 13.0. The number of amides is 1. The van der Waals surface area contributed by atoms with Gasteiger partial charge in [0.2, 0.25) is 0 Å². The highest BCUT2D eigenvalue weighted by Crippen LogP contribution is 2.32. The van der Waals surface area contributed by atoms with Crippen molar-refractivity contribution in [1.29, 1.82) is 0 Å². The fraction of sp³-hybridized carbons (Fsp3) is 0.277. The summed E-state index contributed by atoms with van der Waals surface area (Å²) in [7, 11) is 0. The number of nitrogens with zero attached hydrogens (tertiary/aromatic N) is 4. The van der Waals surface area contributed by atoms with Gasteiger partial charge in [-0.1, -0.05) is 128 Å². The number of aromatic carboxylic acids is 1. The van der Waals surface area contributed by atoms with Gasteiger partial charge in [0.15, 0.2) is 5.69 Å². The van der Waals surface area contributed by atoms with Gasteiger partial charge < -0.3 is 26.4 Å². The van der Waals surface area contributed by atoms with Gasteiger partial charge in [-0.3, -0.25) is 14.8 Å². The molecule has 8 rings (SSSR count). The van der Waals surface area contributed by atoms with Crippen LogP contribution < -0.4 is 11.1 Å². The topological polar surface area (TPSA) is 184 Å². The molecule has 11 nitrogen and oxygen atoms in total. The third-order valence-electron chi connectivity index (χ3n) is 10.3. The lowest BCUT2D eigenvalue weighted by atomic mass is 9.92. The minimum atomic E-state index is -1.13. The van der Waals surface area contributed by atoms with Gasteiger partial charge in [-0.15, -0.1) is 0 Å². The van der Waals surface area contributed by atoms with Crippen LogP contribution in [0, 0.1) is 0 Å². The first-order valence-electron chi connectivity index (χ1n) is 19.8. The normalized spacial score (nSPS) is 18.1. The first-order chi connectivity index (χ1) is 29.4. The summed E-state index contributed by atoms with van der Waals surface area (Å²) in [5.74, 6) is -1.47. The Morgan fingerprint density at radius 2 is 0.887 bits per heavy atom. The van der Waals surface area contributed by atoms with E-state index in [1.807, 2.05) is 36.4 Å². The number of carboxylic acid groups (broad SMARTS) is 1. The van der Waals surface area contributed by atoms with Gasteiger partial charge in [0.25, 0.3) is 5.91 Å². The molecule has 6 aromatic rings. The van der Waals surface area contributed by atoms with Crippen LogP contribution in [0.2, 0.25) is 20.1 Å². The van der Waals surface area contributed by atoms with Gasteiger partial charge in [0.1, 0.15) is 5.69 Å². The zero-order valence-electron chi connectivity index (χ0n) is 32.9. The first kappa shape index (κ1) is 48.1. The van der Waals surface area contributed by atoms with Gasteiger partial charge in [0.05, 0.1) is 53.4 Å². The van der Waals surface area contributed by atoms with E-state index >= 15 is 0 Å². The number of aliphatic hydroxyl groups is 2. The summed E-state index contributed by atoms with van der Waals surface area (Å²) in [6.45, 7) is 0. The molecule has 6 N–H and O–H groups in total. The standard InChI is InChI=1S/C23H21Cl2N3O2.C17H10Cl2N2O2.C6H13NO.CH4/c24-16-9-5-14(6-10-16)21-22(15-7-11-17(25)12-8-15)27-19(13-26-21)23(30)28-18-3-1-2-4-20(18)29;18-12-5-1-10(2-6-12)15-16(11-3-7-13(19)8-4-11)21-14(9-20-15)17(22)23;7-5-3-1-2-4-6(5)8;/h5-13,18,20,29H,1-4H2,(H,28,30);1-9H,(H,22,23);5-6,8H,1-4,7H2;1H4/t18-,20-;;5-,6-;/m1.1./s1. The van der Waals surface area contributed by atoms with Crippen molar-refractivity contribution in [1.82, 2.24) is 25.3 Å². The molecule has 2 heterocycles. The summed E-state index contributed by atoms with van der Waals surface area (Å²) in [5.41, 5.74) is 11.0. The lowest BCUT2D eigenvalue weighted by molar-refractivity contribution is 0.0689. The van der Waals surface area contributed by atoms with E-state index < -0.39 is 12.1 Å². The second-order valence-corrected chi connectivity index (χ2v) is 16.4. The highest BCUT2D eigenvalue weighted by atomic mass is 35.5. The van der Waals surface area contributed by atoms with E-state index in [9.17, 15) is 14.7 Å². The summed E-state index contributed by atoms with van der Waals surface area (Å²) in [4.78, 5) is 41.7. The van der Waals surface area contributed by atoms with E-state index in [0.29, 0.717) is 49.3 Å². The second-order valence-electron chi connectivity index (χ2n) is 14.7. The summed E-state index contributed by atoms with van der Waals surface area (Å²) < 4.78 is 0. The highest BCUT2D eigenvalue weighted by Gasteiger charge is 2.26. The number of carbonyl (C=O) groups is 2. The molecule has 0 spiro atoms. The number of carbonyl (C=O) groups excluding carboxylic acids is 1. The maximum absolute atomic E-state index is 12.8. The molecule has 2 aliphatic rings. The Kier molecular flexibility index (Phi) is 17.8. The van der Waals surface area contributed by atoms with Crippen LogP contribution in [0.15, 0.2) is 109 Å². The van der Waals surface area contributed by atoms with Crippen molar-refractivity contribution in [2.24, 2.45) is 5.73 Å². The van der Waals surface area contributed by atoms with E-state index in [1.165, 1.54) is 18.8 Å². The van der Waals surface area contributed by atoms with Gasteiger partial charge in [-0.25, -0.2) is 14.8 Å². The minimum absolute atomic E-state index is 0. The molecular formula is C47H48Cl4N6O5. The maximum Gasteiger partial charge on any atom is 0.356 e. The van der Waals surface area contributed by atoms with Crippen molar-refractivity contribution in [3.05, 3.63) is 141 Å². The zero-order chi connectivity index (χ0) is 43.5. The number of aliphatic hydroxyl groups excluding tert-OH is 2. The molecule has 62 heavy (non-hydrogen) atoms. The zero-order valence-corrected chi connectivity index (χ0v) is 35.9. The number of nitrogens with two attached hydrogens (primary N) is 1. The predicted molar refractivity (Wildman–Crippen MR) is 248 cm³/mol. The van der Waals surface area contributed by atoms with Gasteiger partial charge >= 0.3 is 5.97 Å². The van der Waals surface area contributed by atoms with Crippen LogP contribution in [0.4, 0.5) is 0 Å². The molecule has 324 valence electrons. The minimum Gasteiger partial charge on any atom is -0.476 e. The van der Waals surface area contributed by atoms with Gasteiger partial charge in [-0.05, 0) is 74.2 Å². The Bertz CT molecular complexity index is 2400. The van der Waals surface area contributed by atoms with Crippen molar-refractivity contribution >= 4 is 58.3 Å². The van der Waals surface area contributed by atoms with E-state index in [1.54, 1.807) is 60.7 Å². The molecule has 2 saturated carbocycles. The molecule has 0 saturated heterocycles. The molecule has 4 atom stereocenters. The summed E-state index contributed by atoms with van der Waals surface area (Å²) in [5, 5.41) is 33.7. The van der Waals surface area contributed by atoms with Crippen LogP contribution in [0.25, 0.3) is 45.0 Å². The number of halogens is 4. The molecule has 2 aliphatic carbocycles. The quantitative estimate of drug-likeness (QED) is 0.103. The molecule has 2 aromatic heterocycles. The largest absolute Gasteiger partial charge is 0.476 e. The van der Waals surface area contributed by atoms with E-state index in [2.05, 4.69) is 25.3 Å². The number of aromatic nitrogens is 4. The number of hydrogen-bond acceptors (Lipinski definition) is 9. The maximum atomic E-state index is 12.8. The van der Waals surface area contributed by atoms with Crippen molar-refractivity contribution in [2.75, 3.05) is 0 Å². The van der Waals surface area contributed by atoms with Crippen LogP contribution >= 0.6 is 46.4 Å². The summed E-state index contributed by atoms with van der Waals surface area (Å²) in [6, 6.07) is 28.4. The number of benzene rings is 4. The van der Waals surface area contributed by atoms with Crippen molar-refractivity contribution in [3.8, 4) is 45.0 Å². The Hall–Kier alpha value is -4.98. The van der Waals surface area contributed by atoms with Crippen LogP contribution in [0.1, 0.15) is 79.8 Å². The molecule has 1 amide bonds. The van der Waals surface area contributed by atoms with E-state index in [4.69, 9.17) is 62.4 Å². The Morgan fingerprint density at radius 1 is 0.532 bits per heavy atom. The van der Waals surface area contributed by atoms with Crippen LogP contribution in [-0.4, -0.2) is 71.4 Å². The van der Waals surface area contributed by atoms with E-state index in [-0.39, 0.29) is 42.9 Å². The average Bonchev–Trinajstić information content (AvgIpc) is 3.27. The average molecular weight is 919 g/mol. The lowest BCUT2D eigenvalue weighted by Gasteiger charge is -2.28. The molecule has 0 unspecified atom stereocenters. The third-order valence-corrected chi connectivity index (χ3v) is 11.3. The van der Waals surface area contributed by atoms with E-state index in [0.717, 1.165) is 60.8 Å². The molecule has 4 aromatic carbocycles. The van der Waals surface area contributed by atoms with Crippen LogP contribution in [0.3, 0.4) is 0 Å². The molecule has 0 bridgehead atoms. The SMILES string of the molecule is C.N[C@@H]1CCCC[C@H]1O.O=C(N[C@@H]1CCCC[C@H]1O)c1cnc(-c2ccc(Cl)cc2)c(-c2ccc(Cl)cc2)n1.O=C(O)c1cnc(-c2ccc(Cl)cc2)c(-c2ccc(Cl)cc2)n1. The molecular weight excluding hydrogens is 870 g/mol. The number of nitrogens with one attached hydrogen (secondary N) is 1.